The number of amides is 1. The van der Waals surface area contributed by atoms with Gasteiger partial charge in [0.1, 0.15) is 0 Å². The number of hydrogen-bond donors (Lipinski definition) is 2. The molecule has 2 rings (SSSR count). The zero-order valence-electron chi connectivity index (χ0n) is 8.14. The van der Waals surface area contributed by atoms with E-state index in [1.807, 2.05) is 0 Å². The number of H-pyrrole nitrogens is 1. The number of aromatic amines is 1. The molecule has 0 aliphatic carbocycles. The Kier molecular flexibility index (Phi) is 2.28. The standard InChI is InChI=1S/C9H8N4O3/c10-9(14)4-8-6-3-5(13(15)16)1-2-7(6)11-12-8/h1-3H,4H2,(H2,10,14)(H,11,12). The predicted molar refractivity (Wildman–Crippen MR) is 55.6 cm³/mol. The van der Waals surface area contributed by atoms with Crippen molar-refractivity contribution in [2.45, 2.75) is 6.42 Å². The fraction of sp³-hybridized carbons (Fsp3) is 0.111. The van der Waals surface area contributed by atoms with Crippen LogP contribution in [0.3, 0.4) is 0 Å². The number of carbonyl (C=O) groups excluding carboxylic acids is 1. The number of nitrogens with zero attached hydrogens (tertiary/aromatic N) is 2. The lowest BCUT2D eigenvalue weighted by Gasteiger charge is -1.94. The predicted octanol–water partition coefficient (Wildman–Crippen LogP) is 0.499. The van der Waals surface area contributed by atoms with Gasteiger partial charge >= 0.3 is 0 Å². The van der Waals surface area contributed by atoms with Crippen LogP contribution in [0.25, 0.3) is 10.9 Å². The number of benzene rings is 1. The Bertz CT molecular complexity index is 575. The second-order valence-electron chi connectivity index (χ2n) is 3.30. The molecule has 0 spiro atoms. The van der Waals surface area contributed by atoms with E-state index in [1.165, 1.54) is 18.2 Å². The molecule has 1 heterocycles. The molecular formula is C9H8N4O3. The van der Waals surface area contributed by atoms with Crippen LogP contribution in [0.4, 0.5) is 5.69 Å². The van der Waals surface area contributed by atoms with Crippen LogP contribution in [0.15, 0.2) is 18.2 Å². The maximum absolute atomic E-state index is 10.8. The Hall–Kier alpha value is -2.44. The van der Waals surface area contributed by atoms with Gasteiger partial charge in [0.05, 0.1) is 22.6 Å². The Morgan fingerprint density at radius 2 is 2.31 bits per heavy atom. The van der Waals surface area contributed by atoms with Crippen molar-refractivity contribution in [1.82, 2.24) is 10.2 Å². The quantitative estimate of drug-likeness (QED) is 0.578. The number of carbonyl (C=O) groups is 1. The monoisotopic (exact) mass is 220 g/mol. The summed E-state index contributed by atoms with van der Waals surface area (Å²) >= 11 is 0. The van der Waals surface area contributed by atoms with Crippen molar-refractivity contribution in [2.24, 2.45) is 5.73 Å². The molecule has 3 N–H and O–H groups in total. The van der Waals surface area contributed by atoms with Crippen LogP contribution in [0, 0.1) is 10.1 Å². The van der Waals surface area contributed by atoms with E-state index in [2.05, 4.69) is 10.2 Å². The minimum atomic E-state index is -0.517. The summed E-state index contributed by atoms with van der Waals surface area (Å²) in [6.45, 7) is 0. The van der Waals surface area contributed by atoms with Crippen LogP contribution < -0.4 is 5.73 Å². The first kappa shape index (κ1) is 10.1. The molecule has 0 aliphatic rings. The van der Waals surface area contributed by atoms with Gasteiger partial charge in [0.2, 0.25) is 5.91 Å². The average Bonchev–Trinajstić information content (AvgIpc) is 2.60. The molecule has 0 aliphatic heterocycles. The lowest BCUT2D eigenvalue weighted by atomic mass is 10.1. The summed E-state index contributed by atoms with van der Waals surface area (Å²) < 4.78 is 0. The Labute approximate surface area is 89.4 Å². The highest BCUT2D eigenvalue weighted by Gasteiger charge is 2.12. The number of rotatable bonds is 3. The smallest absolute Gasteiger partial charge is 0.270 e. The maximum atomic E-state index is 10.8. The molecular weight excluding hydrogens is 212 g/mol. The molecule has 7 nitrogen and oxygen atoms in total. The van der Waals surface area contributed by atoms with Crippen molar-refractivity contribution in [1.29, 1.82) is 0 Å². The van der Waals surface area contributed by atoms with Crippen molar-refractivity contribution in [3.63, 3.8) is 0 Å². The van der Waals surface area contributed by atoms with Gasteiger partial charge in [-0.2, -0.15) is 5.10 Å². The summed E-state index contributed by atoms with van der Waals surface area (Å²) in [5, 5.41) is 17.7. The van der Waals surface area contributed by atoms with E-state index >= 15 is 0 Å². The number of nitro benzene ring substituents is 1. The van der Waals surface area contributed by atoms with E-state index in [-0.39, 0.29) is 12.1 Å². The van der Waals surface area contributed by atoms with E-state index in [0.717, 1.165) is 0 Å². The number of nitrogens with one attached hydrogen (secondary N) is 1. The molecule has 0 fully saturated rings. The summed E-state index contributed by atoms with van der Waals surface area (Å²) in [7, 11) is 0. The summed E-state index contributed by atoms with van der Waals surface area (Å²) in [4.78, 5) is 20.9. The second kappa shape index (κ2) is 3.61. The molecule has 1 aromatic carbocycles. The first-order valence-electron chi connectivity index (χ1n) is 4.47. The summed E-state index contributed by atoms with van der Waals surface area (Å²) in [6, 6.07) is 4.25. The fourth-order valence-electron chi connectivity index (χ4n) is 1.47. The summed E-state index contributed by atoms with van der Waals surface area (Å²) in [5.74, 6) is -0.517. The van der Waals surface area contributed by atoms with Gasteiger partial charge in [-0.05, 0) is 6.07 Å². The molecule has 7 heteroatoms. The van der Waals surface area contributed by atoms with Gasteiger partial charge in [0, 0.05) is 17.5 Å². The van der Waals surface area contributed by atoms with Crippen molar-refractivity contribution < 1.29 is 9.72 Å². The molecule has 2 aromatic rings. The fourth-order valence-corrected chi connectivity index (χ4v) is 1.47. The van der Waals surface area contributed by atoms with Crippen molar-refractivity contribution in [2.75, 3.05) is 0 Å². The Balaban J connectivity index is 2.55. The number of non-ortho nitro benzene ring substituents is 1. The minimum Gasteiger partial charge on any atom is -0.369 e. The lowest BCUT2D eigenvalue weighted by Crippen LogP contribution is -2.14. The van der Waals surface area contributed by atoms with E-state index in [0.29, 0.717) is 16.6 Å². The van der Waals surface area contributed by atoms with Crippen LogP contribution >= 0.6 is 0 Å². The number of hydrogen-bond acceptors (Lipinski definition) is 4. The van der Waals surface area contributed by atoms with Crippen LogP contribution in [-0.4, -0.2) is 21.0 Å². The topological polar surface area (TPSA) is 115 Å². The zero-order valence-corrected chi connectivity index (χ0v) is 8.14. The van der Waals surface area contributed by atoms with Crippen LogP contribution in [0.1, 0.15) is 5.69 Å². The molecule has 0 radical (unpaired) electrons. The maximum Gasteiger partial charge on any atom is 0.270 e. The van der Waals surface area contributed by atoms with Crippen LogP contribution in [-0.2, 0) is 11.2 Å². The van der Waals surface area contributed by atoms with Gasteiger partial charge in [-0.15, -0.1) is 0 Å². The average molecular weight is 220 g/mol. The van der Waals surface area contributed by atoms with Crippen molar-refractivity contribution in [3.8, 4) is 0 Å². The van der Waals surface area contributed by atoms with Gasteiger partial charge in [-0.25, -0.2) is 0 Å². The lowest BCUT2D eigenvalue weighted by molar-refractivity contribution is -0.384. The number of nitrogens with two attached hydrogens (primary N) is 1. The molecule has 16 heavy (non-hydrogen) atoms. The molecule has 0 saturated heterocycles. The molecule has 0 atom stereocenters. The van der Waals surface area contributed by atoms with Crippen molar-refractivity contribution >= 4 is 22.5 Å². The molecule has 82 valence electrons. The van der Waals surface area contributed by atoms with E-state index in [1.54, 1.807) is 0 Å². The summed E-state index contributed by atoms with van der Waals surface area (Å²) in [6.07, 6.45) is -0.0162. The SMILES string of the molecule is NC(=O)Cc1[nH]nc2ccc([N+](=O)[O-])cc12. The number of nitro groups is 1. The second-order valence-corrected chi connectivity index (χ2v) is 3.30. The van der Waals surface area contributed by atoms with Gasteiger partial charge in [-0.3, -0.25) is 20.0 Å². The molecule has 0 unspecified atom stereocenters. The van der Waals surface area contributed by atoms with Gasteiger partial charge in [0.25, 0.3) is 5.69 Å². The molecule has 0 bridgehead atoms. The van der Waals surface area contributed by atoms with Gasteiger partial charge < -0.3 is 5.73 Å². The zero-order chi connectivity index (χ0) is 11.7. The highest BCUT2D eigenvalue weighted by molar-refractivity contribution is 5.88. The van der Waals surface area contributed by atoms with E-state index < -0.39 is 10.8 Å². The third-order valence-corrected chi connectivity index (χ3v) is 2.18. The third-order valence-electron chi connectivity index (χ3n) is 2.18. The highest BCUT2D eigenvalue weighted by atomic mass is 16.6. The number of aromatic nitrogens is 2. The van der Waals surface area contributed by atoms with Crippen LogP contribution in [0.5, 0.6) is 0 Å². The van der Waals surface area contributed by atoms with E-state index in [9.17, 15) is 14.9 Å². The number of primary amides is 1. The third kappa shape index (κ3) is 1.70. The Morgan fingerprint density at radius 3 is 2.94 bits per heavy atom. The largest absolute Gasteiger partial charge is 0.369 e. The molecule has 1 amide bonds. The minimum absolute atomic E-state index is 0.0162. The molecule has 0 saturated carbocycles. The van der Waals surface area contributed by atoms with Gasteiger partial charge in [0.15, 0.2) is 0 Å². The van der Waals surface area contributed by atoms with Crippen molar-refractivity contribution in [3.05, 3.63) is 34.0 Å². The molecule has 1 aromatic heterocycles. The van der Waals surface area contributed by atoms with E-state index in [4.69, 9.17) is 5.73 Å². The summed E-state index contributed by atoms with van der Waals surface area (Å²) in [5.41, 5.74) is 6.07. The van der Waals surface area contributed by atoms with Crippen LogP contribution in [0.2, 0.25) is 0 Å². The number of fused-ring (bicyclic) bond motifs is 1. The van der Waals surface area contributed by atoms with Gasteiger partial charge in [-0.1, -0.05) is 0 Å². The highest BCUT2D eigenvalue weighted by Crippen LogP contribution is 2.22. The normalized spacial score (nSPS) is 10.5. The first-order chi connectivity index (χ1) is 7.58. The first-order valence-corrected chi connectivity index (χ1v) is 4.47. The Morgan fingerprint density at radius 1 is 1.56 bits per heavy atom.